The SMILES string of the molecule is CC(C)(C)c1cc2cc(NC(=O)C3(c4ccc5c(c4)OCO5)CC3)c(F)cc2n1C[C@@H](O)CO.[HH].[HH].[HH].[HH]. The fourth-order valence-electron chi connectivity index (χ4n) is 4.67. The molecule has 0 unspecified atom stereocenters. The van der Waals surface area contributed by atoms with Gasteiger partial charge in [-0.2, -0.15) is 0 Å². The molecule has 1 aliphatic heterocycles. The summed E-state index contributed by atoms with van der Waals surface area (Å²) >= 11 is 0. The van der Waals surface area contributed by atoms with Crippen LogP contribution in [0, 0.1) is 5.82 Å². The summed E-state index contributed by atoms with van der Waals surface area (Å²) in [7, 11) is 0. The zero-order chi connectivity index (χ0) is 24.3. The Morgan fingerprint density at radius 1 is 1.21 bits per heavy atom. The molecule has 1 aliphatic carbocycles. The zero-order valence-corrected chi connectivity index (χ0v) is 19.5. The van der Waals surface area contributed by atoms with Crippen LogP contribution in [0.15, 0.2) is 36.4 Å². The van der Waals surface area contributed by atoms with Crippen LogP contribution in [-0.2, 0) is 22.2 Å². The quantitative estimate of drug-likeness (QED) is 0.475. The molecule has 0 saturated heterocycles. The number of benzene rings is 2. The van der Waals surface area contributed by atoms with Gasteiger partial charge in [-0.25, -0.2) is 4.39 Å². The number of anilines is 1. The molecule has 1 amide bonds. The predicted molar refractivity (Wildman–Crippen MR) is 134 cm³/mol. The number of hydrogen-bond donors (Lipinski definition) is 3. The number of aliphatic hydroxyl groups is 2. The van der Waals surface area contributed by atoms with E-state index in [4.69, 9.17) is 9.47 Å². The third kappa shape index (κ3) is 3.80. The number of amides is 1. The van der Waals surface area contributed by atoms with Gasteiger partial charge in [-0.1, -0.05) is 26.8 Å². The second kappa shape index (κ2) is 7.99. The highest BCUT2D eigenvalue weighted by Crippen LogP contribution is 2.51. The average molecular weight is 477 g/mol. The topological polar surface area (TPSA) is 93.0 Å². The second-order valence-corrected chi connectivity index (χ2v) is 10.2. The van der Waals surface area contributed by atoms with Gasteiger partial charge in [-0.05, 0) is 42.7 Å². The van der Waals surface area contributed by atoms with Crippen LogP contribution in [0.25, 0.3) is 10.9 Å². The number of carbonyl (C=O) groups excluding carboxylic acids is 1. The van der Waals surface area contributed by atoms with E-state index in [0.717, 1.165) is 16.6 Å². The molecule has 2 heterocycles. The lowest BCUT2D eigenvalue weighted by atomic mass is 9.92. The van der Waals surface area contributed by atoms with E-state index < -0.39 is 17.3 Å². The summed E-state index contributed by atoms with van der Waals surface area (Å²) in [5.74, 6) is 0.462. The number of aliphatic hydroxyl groups excluding tert-OH is 2. The number of hydrogen-bond acceptors (Lipinski definition) is 5. The Labute approximate surface area is 203 Å². The molecule has 1 saturated carbocycles. The van der Waals surface area contributed by atoms with Gasteiger partial charge >= 0.3 is 0 Å². The minimum absolute atomic E-state index is 0. The summed E-state index contributed by atoms with van der Waals surface area (Å²) in [5, 5.41) is 22.9. The summed E-state index contributed by atoms with van der Waals surface area (Å²) in [6, 6.07) is 10.5. The summed E-state index contributed by atoms with van der Waals surface area (Å²) in [5.41, 5.74) is 1.46. The maximum Gasteiger partial charge on any atom is 0.235 e. The Bertz CT molecular complexity index is 1290. The standard InChI is InChI=1S/C26H29FN2O5.4H2/c1-25(2,3)23-9-15-8-19(18(27)11-20(15)29(23)12-17(31)13-30)28-24(32)26(6-7-26)16-4-5-21-22(10-16)34-14-33-21;;;;/h4-5,8-11,17,30-31H,6-7,12-14H2,1-3H3,(H,28,32);4*1H/t17-;;;;/m1..../s1. The van der Waals surface area contributed by atoms with Gasteiger partial charge in [0, 0.05) is 28.3 Å². The lowest BCUT2D eigenvalue weighted by Crippen LogP contribution is -2.28. The van der Waals surface area contributed by atoms with Crippen molar-refractivity contribution in [2.24, 2.45) is 0 Å². The van der Waals surface area contributed by atoms with Gasteiger partial charge in [-0.15, -0.1) is 0 Å². The van der Waals surface area contributed by atoms with Gasteiger partial charge in [0.25, 0.3) is 0 Å². The highest BCUT2D eigenvalue weighted by Gasteiger charge is 2.52. The van der Waals surface area contributed by atoms with Crippen molar-refractivity contribution in [3.05, 3.63) is 53.5 Å². The van der Waals surface area contributed by atoms with Crippen molar-refractivity contribution in [2.45, 2.75) is 57.1 Å². The third-order valence-electron chi connectivity index (χ3n) is 6.72. The number of nitrogens with one attached hydrogen (secondary N) is 1. The first-order chi connectivity index (χ1) is 16.1. The lowest BCUT2D eigenvalue weighted by Gasteiger charge is -2.23. The van der Waals surface area contributed by atoms with E-state index in [1.165, 1.54) is 6.07 Å². The molecular weight excluding hydrogens is 439 g/mol. The Hall–Kier alpha value is -3.10. The van der Waals surface area contributed by atoms with Crippen molar-refractivity contribution in [3.8, 4) is 11.5 Å². The highest BCUT2D eigenvalue weighted by molar-refractivity contribution is 6.02. The van der Waals surface area contributed by atoms with Crippen LogP contribution in [0.2, 0.25) is 0 Å². The Morgan fingerprint density at radius 2 is 1.94 bits per heavy atom. The second-order valence-electron chi connectivity index (χ2n) is 10.2. The number of halogens is 1. The molecular formula is C26H37FN2O5. The van der Waals surface area contributed by atoms with E-state index in [2.05, 4.69) is 5.32 Å². The minimum atomic E-state index is -0.962. The molecule has 3 aromatic rings. The van der Waals surface area contributed by atoms with Crippen LogP contribution >= 0.6 is 0 Å². The predicted octanol–water partition coefficient (Wildman–Crippen LogP) is 4.81. The smallest absolute Gasteiger partial charge is 0.235 e. The van der Waals surface area contributed by atoms with Gasteiger partial charge < -0.3 is 29.6 Å². The van der Waals surface area contributed by atoms with Crippen LogP contribution in [0.1, 0.15) is 50.6 Å². The summed E-state index contributed by atoms with van der Waals surface area (Å²) < 4.78 is 27.8. The largest absolute Gasteiger partial charge is 0.454 e. The van der Waals surface area contributed by atoms with Gasteiger partial charge in [-0.3, -0.25) is 4.79 Å². The molecule has 3 N–H and O–H groups in total. The first-order valence-electron chi connectivity index (χ1n) is 11.5. The molecule has 7 nitrogen and oxygen atoms in total. The van der Waals surface area contributed by atoms with Crippen LogP contribution in [0.5, 0.6) is 11.5 Å². The first kappa shape index (κ1) is 22.7. The molecule has 1 atom stereocenters. The molecule has 8 heteroatoms. The van der Waals surface area contributed by atoms with Gasteiger partial charge in [0.2, 0.25) is 12.7 Å². The van der Waals surface area contributed by atoms with Crippen molar-refractivity contribution in [1.29, 1.82) is 0 Å². The van der Waals surface area contributed by atoms with E-state index >= 15 is 4.39 Å². The Balaban J connectivity index is 0.00000180. The fraction of sp³-hybridized carbons (Fsp3) is 0.423. The minimum Gasteiger partial charge on any atom is -0.454 e. The van der Waals surface area contributed by atoms with Crippen molar-refractivity contribution < 1.29 is 34.6 Å². The number of aromatic nitrogens is 1. The maximum absolute atomic E-state index is 15.2. The lowest BCUT2D eigenvalue weighted by molar-refractivity contribution is -0.118. The molecule has 2 aromatic carbocycles. The molecule has 34 heavy (non-hydrogen) atoms. The normalized spacial score (nSPS) is 17.1. The maximum atomic E-state index is 15.2. The molecule has 1 aromatic heterocycles. The number of carbonyl (C=O) groups is 1. The van der Waals surface area contributed by atoms with Crippen molar-refractivity contribution in [3.63, 3.8) is 0 Å². The molecule has 0 bridgehead atoms. The number of nitrogens with zero attached hydrogens (tertiary/aromatic N) is 1. The third-order valence-corrected chi connectivity index (χ3v) is 6.72. The molecule has 188 valence electrons. The van der Waals surface area contributed by atoms with Gasteiger partial charge in [0.05, 0.1) is 35.9 Å². The van der Waals surface area contributed by atoms with Gasteiger partial charge in [0.1, 0.15) is 5.82 Å². The van der Waals surface area contributed by atoms with E-state index in [9.17, 15) is 15.0 Å². The number of rotatable bonds is 6. The first-order valence-corrected chi connectivity index (χ1v) is 11.5. The van der Waals surface area contributed by atoms with Crippen LogP contribution in [0.3, 0.4) is 0 Å². The van der Waals surface area contributed by atoms with Crippen LogP contribution < -0.4 is 14.8 Å². The number of fused-ring (bicyclic) bond motifs is 2. The van der Waals surface area contributed by atoms with E-state index in [-0.39, 0.29) is 42.7 Å². The molecule has 5 rings (SSSR count). The van der Waals surface area contributed by atoms with E-state index in [1.807, 2.05) is 43.5 Å². The summed E-state index contributed by atoms with van der Waals surface area (Å²) in [4.78, 5) is 13.3. The zero-order valence-electron chi connectivity index (χ0n) is 19.5. The van der Waals surface area contributed by atoms with E-state index in [1.54, 1.807) is 12.1 Å². The van der Waals surface area contributed by atoms with Crippen LogP contribution in [0.4, 0.5) is 10.1 Å². The summed E-state index contributed by atoms with van der Waals surface area (Å²) in [6.07, 6.45) is 0.383. The highest BCUT2D eigenvalue weighted by atomic mass is 19.1. The molecule has 2 aliphatic rings. The molecule has 0 radical (unpaired) electrons. The van der Waals surface area contributed by atoms with E-state index in [0.29, 0.717) is 29.9 Å². The molecule has 1 fully saturated rings. The molecule has 0 spiro atoms. The van der Waals surface area contributed by atoms with Crippen LogP contribution in [-0.4, -0.2) is 40.2 Å². The number of ether oxygens (including phenoxy) is 2. The monoisotopic (exact) mass is 476 g/mol. The van der Waals surface area contributed by atoms with Crippen molar-refractivity contribution in [1.82, 2.24) is 4.57 Å². The summed E-state index contributed by atoms with van der Waals surface area (Å²) in [6.45, 7) is 6.01. The van der Waals surface area contributed by atoms with Gasteiger partial charge in [0.15, 0.2) is 11.5 Å². The Kier molecular flexibility index (Phi) is 5.33. The Morgan fingerprint density at radius 3 is 2.62 bits per heavy atom. The fourth-order valence-corrected chi connectivity index (χ4v) is 4.67. The van der Waals surface area contributed by atoms with Crippen molar-refractivity contribution >= 4 is 22.5 Å². The van der Waals surface area contributed by atoms with Crippen molar-refractivity contribution in [2.75, 3.05) is 18.7 Å². The average Bonchev–Trinajstić information content (AvgIpc) is 3.35.